The number of halogens is 1. The molecule has 1 fully saturated rings. The Bertz CT molecular complexity index is 570. The maximum absolute atomic E-state index is 5.93. The van der Waals surface area contributed by atoms with Crippen molar-refractivity contribution in [1.82, 2.24) is 14.5 Å². The van der Waals surface area contributed by atoms with Gasteiger partial charge in [-0.15, -0.1) is 11.6 Å². The number of hydrogen-bond acceptors (Lipinski definition) is 2. The van der Waals surface area contributed by atoms with Gasteiger partial charge in [0.25, 0.3) is 0 Å². The molecule has 1 aliphatic rings. The normalized spacial score (nSPS) is 23.3. The first-order valence-corrected chi connectivity index (χ1v) is 8.16. The number of aryl methyl sites for hydroxylation is 1. The van der Waals surface area contributed by atoms with Crippen LogP contribution in [0.5, 0.6) is 0 Å². The summed E-state index contributed by atoms with van der Waals surface area (Å²) >= 11 is 5.93. The predicted octanol–water partition coefficient (Wildman–Crippen LogP) is 4.04. The quantitative estimate of drug-likeness (QED) is 0.796. The van der Waals surface area contributed by atoms with E-state index in [9.17, 15) is 0 Å². The van der Waals surface area contributed by atoms with Gasteiger partial charge in [0.05, 0.1) is 11.7 Å². The van der Waals surface area contributed by atoms with Crippen molar-refractivity contribution < 1.29 is 0 Å². The summed E-state index contributed by atoms with van der Waals surface area (Å²) in [6, 6.07) is 2.07. The molecule has 2 aromatic rings. The summed E-state index contributed by atoms with van der Waals surface area (Å²) in [5, 5.41) is 0. The third-order valence-corrected chi connectivity index (χ3v) is 4.71. The van der Waals surface area contributed by atoms with E-state index in [4.69, 9.17) is 16.6 Å². The predicted molar refractivity (Wildman–Crippen MR) is 83.1 cm³/mol. The van der Waals surface area contributed by atoms with Gasteiger partial charge in [0, 0.05) is 25.0 Å². The summed E-state index contributed by atoms with van der Waals surface area (Å²) in [6.45, 7) is 3.45. The molecule has 0 radical (unpaired) electrons. The molecule has 3 nitrogen and oxygen atoms in total. The summed E-state index contributed by atoms with van der Waals surface area (Å²) in [5.74, 6) is 3.42. The van der Waals surface area contributed by atoms with E-state index in [2.05, 4.69) is 22.5 Å². The average Bonchev–Trinajstić information content (AvgIpc) is 2.80. The number of pyridine rings is 1. The Hall–Kier alpha value is -1.09. The molecular weight excluding hydrogens is 270 g/mol. The lowest BCUT2D eigenvalue weighted by Gasteiger charge is -2.27. The maximum Gasteiger partial charge on any atom is 0.111 e. The first-order chi connectivity index (χ1) is 9.78. The number of fused-ring (bicyclic) bond motifs is 1. The van der Waals surface area contributed by atoms with Crippen LogP contribution < -0.4 is 0 Å². The van der Waals surface area contributed by atoms with Gasteiger partial charge in [-0.25, -0.2) is 4.98 Å². The topological polar surface area (TPSA) is 30.7 Å². The zero-order valence-corrected chi connectivity index (χ0v) is 12.8. The average molecular weight is 292 g/mol. The Morgan fingerprint density at radius 3 is 2.85 bits per heavy atom. The molecule has 0 saturated heterocycles. The minimum atomic E-state index is 0.623. The highest BCUT2D eigenvalue weighted by atomic mass is 35.5. The number of aromatic nitrogens is 3. The fraction of sp³-hybridized carbons (Fsp3) is 0.625. The molecule has 4 heteroatoms. The van der Waals surface area contributed by atoms with Gasteiger partial charge in [-0.2, -0.15) is 0 Å². The van der Waals surface area contributed by atoms with Crippen molar-refractivity contribution in [1.29, 1.82) is 0 Å². The SMILES string of the molecule is CC1CCC(Cn2c(CCCl)nc3cnccc32)CC1. The number of alkyl halides is 1. The van der Waals surface area contributed by atoms with Crippen LogP contribution in [0.3, 0.4) is 0 Å². The van der Waals surface area contributed by atoms with Crippen LogP contribution in [-0.4, -0.2) is 20.4 Å². The minimum Gasteiger partial charge on any atom is -0.328 e. The molecule has 1 saturated carbocycles. The van der Waals surface area contributed by atoms with Crippen molar-refractivity contribution in [2.24, 2.45) is 11.8 Å². The number of imidazole rings is 1. The van der Waals surface area contributed by atoms with Crippen LogP contribution >= 0.6 is 11.6 Å². The van der Waals surface area contributed by atoms with Crippen LogP contribution in [0.1, 0.15) is 38.4 Å². The Labute approximate surface area is 125 Å². The first kappa shape index (κ1) is 13.9. The first-order valence-electron chi connectivity index (χ1n) is 7.63. The molecule has 0 unspecified atom stereocenters. The van der Waals surface area contributed by atoms with Crippen molar-refractivity contribution in [3.05, 3.63) is 24.3 Å². The van der Waals surface area contributed by atoms with E-state index in [-0.39, 0.29) is 0 Å². The summed E-state index contributed by atoms with van der Waals surface area (Å²) in [5.41, 5.74) is 2.20. The molecule has 3 rings (SSSR count). The van der Waals surface area contributed by atoms with Crippen molar-refractivity contribution >= 4 is 22.6 Å². The van der Waals surface area contributed by atoms with Gasteiger partial charge in [0.2, 0.25) is 0 Å². The largest absolute Gasteiger partial charge is 0.328 e. The maximum atomic E-state index is 5.93. The number of hydrogen-bond donors (Lipinski definition) is 0. The van der Waals surface area contributed by atoms with Crippen LogP contribution in [0.15, 0.2) is 18.5 Å². The van der Waals surface area contributed by atoms with Gasteiger partial charge in [-0.05, 0) is 30.7 Å². The smallest absolute Gasteiger partial charge is 0.111 e. The monoisotopic (exact) mass is 291 g/mol. The van der Waals surface area contributed by atoms with Crippen LogP contribution in [0.4, 0.5) is 0 Å². The number of rotatable bonds is 4. The van der Waals surface area contributed by atoms with Crippen molar-refractivity contribution in [2.75, 3.05) is 5.88 Å². The summed E-state index contributed by atoms with van der Waals surface area (Å²) in [4.78, 5) is 8.87. The highest BCUT2D eigenvalue weighted by Gasteiger charge is 2.20. The van der Waals surface area contributed by atoms with Crippen LogP contribution in [-0.2, 0) is 13.0 Å². The molecule has 0 amide bonds. The lowest BCUT2D eigenvalue weighted by molar-refractivity contribution is 0.265. The van der Waals surface area contributed by atoms with E-state index in [0.717, 1.165) is 36.1 Å². The van der Waals surface area contributed by atoms with Crippen molar-refractivity contribution in [3.63, 3.8) is 0 Å². The molecule has 2 heterocycles. The molecule has 0 bridgehead atoms. The third kappa shape index (κ3) is 2.83. The molecule has 20 heavy (non-hydrogen) atoms. The van der Waals surface area contributed by atoms with Gasteiger partial charge in [-0.3, -0.25) is 4.98 Å². The van der Waals surface area contributed by atoms with Crippen molar-refractivity contribution in [3.8, 4) is 0 Å². The van der Waals surface area contributed by atoms with Gasteiger partial charge in [-0.1, -0.05) is 19.8 Å². The fourth-order valence-electron chi connectivity index (χ4n) is 3.28. The van der Waals surface area contributed by atoms with E-state index >= 15 is 0 Å². The molecule has 0 N–H and O–H groups in total. The van der Waals surface area contributed by atoms with Gasteiger partial charge < -0.3 is 4.57 Å². The Balaban J connectivity index is 1.86. The van der Waals surface area contributed by atoms with Gasteiger partial charge in [0.1, 0.15) is 11.3 Å². The highest BCUT2D eigenvalue weighted by Crippen LogP contribution is 2.30. The minimum absolute atomic E-state index is 0.623. The Kier molecular flexibility index (Phi) is 4.25. The zero-order chi connectivity index (χ0) is 13.9. The summed E-state index contributed by atoms with van der Waals surface area (Å²) in [7, 11) is 0. The van der Waals surface area contributed by atoms with Gasteiger partial charge >= 0.3 is 0 Å². The molecule has 2 aromatic heterocycles. The molecule has 0 aliphatic heterocycles. The van der Waals surface area contributed by atoms with Gasteiger partial charge in [0.15, 0.2) is 0 Å². The second kappa shape index (κ2) is 6.13. The molecule has 0 spiro atoms. The Morgan fingerprint density at radius 1 is 1.30 bits per heavy atom. The second-order valence-corrected chi connectivity index (χ2v) is 6.45. The van der Waals surface area contributed by atoms with Crippen LogP contribution in [0, 0.1) is 11.8 Å². The standard InChI is InChI=1S/C16H22ClN3/c1-12-2-4-13(5-3-12)11-20-15-7-9-18-10-14(15)19-16(20)6-8-17/h7,9-10,12-13H,2-6,8,11H2,1H3. The number of nitrogens with zero attached hydrogens (tertiary/aromatic N) is 3. The lowest BCUT2D eigenvalue weighted by atomic mass is 9.83. The molecule has 0 aromatic carbocycles. The van der Waals surface area contributed by atoms with E-state index in [1.807, 2.05) is 12.4 Å². The molecule has 0 atom stereocenters. The van der Waals surface area contributed by atoms with E-state index in [0.29, 0.717) is 5.88 Å². The van der Waals surface area contributed by atoms with Crippen LogP contribution in [0.25, 0.3) is 11.0 Å². The lowest BCUT2D eigenvalue weighted by Crippen LogP contribution is -2.19. The third-order valence-electron chi connectivity index (χ3n) is 4.52. The molecule has 1 aliphatic carbocycles. The summed E-state index contributed by atoms with van der Waals surface area (Å²) < 4.78 is 2.38. The fourth-order valence-corrected chi connectivity index (χ4v) is 3.45. The zero-order valence-electron chi connectivity index (χ0n) is 12.1. The highest BCUT2D eigenvalue weighted by molar-refractivity contribution is 6.17. The van der Waals surface area contributed by atoms with E-state index in [1.165, 1.54) is 31.2 Å². The van der Waals surface area contributed by atoms with Crippen molar-refractivity contribution in [2.45, 2.75) is 45.6 Å². The van der Waals surface area contributed by atoms with E-state index < -0.39 is 0 Å². The summed E-state index contributed by atoms with van der Waals surface area (Å²) in [6.07, 6.45) is 9.95. The Morgan fingerprint density at radius 2 is 2.10 bits per heavy atom. The second-order valence-electron chi connectivity index (χ2n) is 6.07. The van der Waals surface area contributed by atoms with Crippen LogP contribution in [0.2, 0.25) is 0 Å². The molecule has 108 valence electrons. The van der Waals surface area contributed by atoms with E-state index in [1.54, 1.807) is 0 Å². The molecular formula is C16H22ClN3.